The van der Waals surface area contributed by atoms with Gasteiger partial charge in [0.15, 0.2) is 5.69 Å². The van der Waals surface area contributed by atoms with Gasteiger partial charge in [-0.05, 0) is 18.1 Å². The lowest BCUT2D eigenvalue weighted by molar-refractivity contribution is 0.0948. The van der Waals surface area contributed by atoms with Crippen molar-refractivity contribution < 1.29 is 14.6 Å². The minimum atomic E-state index is -0.626. The van der Waals surface area contributed by atoms with Crippen molar-refractivity contribution in [1.29, 1.82) is 0 Å². The molecule has 2 aromatic heterocycles. The van der Waals surface area contributed by atoms with Crippen molar-refractivity contribution in [1.82, 2.24) is 24.9 Å². The van der Waals surface area contributed by atoms with Gasteiger partial charge in [-0.25, -0.2) is 4.68 Å². The van der Waals surface area contributed by atoms with E-state index < -0.39 is 6.10 Å². The van der Waals surface area contributed by atoms with E-state index in [1.54, 1.807) is 6.20 Å². The molecule has 136 valence electrons. The summed E-state index contributed by atoms with van der Waals surface area (Å²) in [6.45, 7) is 1.15. The van der Waals surface area contributed by atoms with Crippen molar-refractivity contribution in [3.8, 4) is 0 Å². The number of nitrogens with zero attached hydrogens (tertiary/aromatic N) is 4. The van der Waals surface area contributed by atoms with Crippen LogP contribution in [0.1, 0.15) is 22.1 Å². The van der Waals surface area contributed by atoms with E-state index in [4.69, 9.17) is 4.74 Å². The van der Waals surface area contributed by atoms with Crippen molar-refractivity contribution in [2.45, 2.75) is 18.6 Å². The van der Waals surface area contributed by atoms with Gasteiger partial charge in [-0.15, -0.1) is 5.10 Å². The fourth-order valence-corrected chi connectivity index (χ4v) is 3.35. The number of rotatable bonds is 5. The Morgan fingerprint density at radius 1 is 1.35 bits per heavy atom. The van der Waals surface area contributed by atoms with E-state index in [9.17, 15) is 9.90 Å². The lowest BCUT2D eigenvalue weighted by atomic mass is 10.1. The van der Waals surface area contributed by atoms with Gasteiger partial charge in [0, 0.05) is 30.7 Å². The quantitative estimate of drug-likeness (QED) is 0.702. The van der Waals surface area contributed by atoms with Crippen LogP contribution in [0.15, 0.2) is 36.7 Å². The molecule has 0 spiro atoms. The first-order valence-electron chi connectivity index (χ1n) is 8.62. The van der Waals surface area contributed by atoms with Gasteiger partial charge in [-0.3, -0.25) is 4.79 Å². The standard InChI is InChI=1S/C18H21N5O3/c1-22-8-12(13-4-2-3-5-15(13)22)6-7-19-18(25)14-9-23(21-20-14)16-10-26-11-17(16)24/h2-5,8-9,16-17,24H,6-7,10-11H2,1H3,(H,19,25)/t16-,17-/m1/s1. The van der Waals surface area contributed by atoms with Crippen LogP contribution < -0.4 is 5.32 Å². The summed E-state index contributed by atoms with van der Waals surface area (Å²) in [7, 11) is 2.02. The summed E-state index contributed by atoms with van der Waals surface area (Å²) in [5.41, 5.74) is 2.61. The molecule has 0 bridgehead atoms. The molecular formula is C18H21N5O3. The minimum Gasteiger partial charge on any atom is -0.388 e. The maximum absolute atomic E-state index is 12.3. The van der Waals surface area contributed by atoms with Crippen LogP contribution in [0, 0.1) is 0 Å². The highest BCUT2D eigenvalue weighted by Crippen LogP contribution is 2.20. The molecule has 1 aromatic carbocycles. The smallest absolute Gasteiger partial charge is 0.273 e. The molecule has 1 amide bonds. The fraction of sp³-hybridized carbons (Fsp3) is 0.389. The average Bonchev–Trinajstić information content (AvgIpc) is 3.35. The number of amides is 1. The number of aliphatic hydroxyl groups excluding tert-OH is 1. The summed E-state index contributed by atoms with van der Waals surface area (Å²) >= 11 is 0. The lowest BCUT2D eigenvalue weighted by Crippen LogP contribution is -2.26. The first-order chi connectivity index (χ1) is 12.6. The Kier molecular flexibility index (Phi) is 4.44. The number of para-hydroxylation sites is 1. The van der Waals surface area contributed by atoms with E-state index in [2.05, 4.69) is 38.5 Å². The molecular weight excluding hydrogens is 334 g/mol. The minimum absolute atomic E-state index is 0.238. The number of ether oxygens (including phenoxy) is 1. The number of aliphatic hydroxyl groups is 1. The Balaban J connectivity index is 1.37. The third-order valence-electron chi connectivity index (χ3n) is 4.76. The Bertz CT molecular complexity index is 932. The van der Waals surface area contributed by atoms with E-state index in [0.29, 0.717) is 13.2 Å². The van der Waals surface area contributed by atoms with Gasteiger partial charge in [0.2, 0.25) is 0 Å². The third kappa shape index (κ3) is 3.09. The molecule has 0 aliphatic carbocycles. The van der Waals surface area contributed by atoms with Crippen molar-refractivity contribution in [2.24, 2.45) is 7.05 Å². The number of aromatic nitrogens is 4. The van der Waals surface area contributed by atoms with Crippen LogP contribution >= 0.6 is 0 Å². The summed E-state index contributed by atoms with van der Waals surface area (Å²) in [6, 6.07) is 7.91. The molecule has 3 heterocycles. The van der Waals surface area contributed by atoms with Crippen LogP contribution in [0.3, 0.4) is 0 Å². The number of carbonyl (C=O) groups excluding carboxylic acids is 1. The fourth-order valence-electron chi connectivity index (χ4n) is 3.35. The number of benzene rings is 1. The third-order valence-corrected chi connectivity index (χ3v) is 4.76. The van der Waals surface area contributed by atoms with Gasteiger partial charge < -0.3 is 19.7 Å². The van der Waals surface area contributed by atoms with Crippen molar-refractivity contribution in [3.05, 3.63) is 47.9 Å². The number of fused-ring (bicyclic) bond motifs is 1. The topological polar surface area (TPSA) is 94.2 Å². The van der Waals surface area contributed by atoms with Crippen molar-refractivity contribution >= 4 is 16.8 Å². The van der Waals surface area contributed by atoms with Crippen molar-refractivity contribution in [3.63, 3.8) is 0 Å². The molecule has 0 saturated carbocycles. The second-order valence-corrected chi connectivity index (χ2v) is 6.54. The molecule has 1 fully saturated rings. The normalized spacial score (nSPS) is 19.9. The zero-order valence-corrected chi connectivity index (χ0v) is 14.5. The number of aryl methyl sites for hydroxylation is 1. The maximum atomic E-state index is 12.3. The summed E-state index contributed by atoms with van der Waals surface area (Å²) in [5, 5.41) is 21.8. The van der Waals surface area contributed by atoms with Gasteiger partial charge >= 0.3 is 0 Å². The number of hydrogen-bond donors (Lipinski definition) is 2. The molecule has 0 unspecified atom stereocenters. The zero-order chi connectivity index (χ0) is 18.1. The molecule has 0 radical (unpaired) electrons. The van der Waals surface area contributed by atoms with Crippen LogP contribution in [0.4, 0.5) is 0 Å². The van der Waals surface area contributed by atoms with E-state index in [0.717, 1.165) is 6.42 Å². The summed E-state index contributed by atoms with van der Waals surface area (Å²) in [5.74, 6) is -0.273. The summed E-state index contributed by atoms with van der Waals surface area (Å²) in [6.07, 6.45) is 3.75. The molecule has 2 N–H and O–H groups in total. The van der Waals surface area contributed by atoms with E-state index in [1.807, 2.05) is 19.2 Å². The highest BCUT2D eigenvalue weighted by molar-refractivity contribution is 5.92. The second kappa shape index (κ2) is 6.89. The maximum Gasteiger partial charge on any atom is 0.273 e. The van der Waals surface area contributed by atoms with E-state index in [-0.39, 0.29) is 24.2 Å². The molecule has 26 heavy (non-hydrogen) atoms. The van der Waals surface area contributed by atoms with E-state index >= 15 is 0 Å². The molecule has 3 aromatic rings. The van der Waals surface area contributed by atoms with Crippen LogP contribution in [-0.2, 0) is 18.2 Å². The summed E-state index contributed by atoms with van der Waals surface area (Å²) < 4.78 is 8.79. The largest absolute Gasteiger partial charge is 0.388 e. The molecule has 1 saturated heterocycles. The first kappa shape index (κ1) is 16.7. The highest BCUT2D eigenvalue weighted by atomic mass is 16.5. The Labute approximate surface area is 150 Å². The number of carbonyl (C=O) groups is 1. The van der Waals surface area contributed by atoms with Crippen LogP contribution in [-0.4, -0.2) is 56.4 Å². The van der Waals surface area contributed by atoms with Gasteiger partial charge in [0.05, 0.1) is 19.4 Å². The highest BCUT2D eigenvalue weighted by Gasteiger charge is 2.29. The molecule has 1 aliphatic rings. The zero-order valence-electron chi connectivity index (χ0n) is 14.5. The van der Waals surface area contributed by atoms with Crippen LogP contribution in [0.2, 0.25) is 0 Å². The van der Waals surface area contributed by atoms with E-state index in [1.165, 1.54) is 21.1 Å². The first-order valence-corrected chi connectivity index (χ1v) is 8.62. The Morgan fingerprint density at radius 3 is 3.00 bits per heavy atom. The van der Waals surface area contributed by atoms with Gasteiger partial charge in [-0.2, -0.15) is 0 Å². The van der Waals surface area contributed by atoms with Gasteiger partial charge in [0.25, 0.3) is 5.91 Å². The average molecular weight is 355 g/mol. The van der Waals surface area contributed by atoms with Crippen LogP contribution in [0.5, 0.6) is 0 Å². The molecule has 4 rings (SSSR count). The Hall–Kier alpha value is -2.71. The molecule has 8 nitrogen and oxygen atoms in total. The van der Waals surface area contributed by atoms with Crippen LogP contribution in [0.25, 0.3) is 10.9 Å². The molecule has 2 atom stereocenters. The molecule has 1 aliphatic heterocycles. The predicted octanol–water partition coefficient (Wildman–Crippen LogP) is 0.674. The monoisotopic (exact) mass is 355 g/mol. The number of hydrogen-bond acceptors (Lipinski definition) is 5. The predicted molar refractivity (Wildman–Crippen MR) is 94.8 cm³/mol. The van der Waals surface area contributed by atoms with Crippen molar-refractivity contribution in [2.75, 3.05) is 19.8 Å². The SMILES string of the molecule is Cn1cc(CCNC(=O)c2cn([C@@H]3COC[C@H]3O)nn2)c2ccccc21. The Morgan fingerprint density at radius 2 is 2.19 bits per heavy atom. The van der Waals surface area contributed by atoms with Gasteiger partial charge in [0.1, 0.15) is 12.1 Å². The second-order valence-electron chi connectivity index (χ2n) is 6.54. The number of nitrogens with one attached hydrogen (secondary N) is 1. The lowest BCUT2D eigenvalue weighted by Gasteiger charge is -2.10. The molecule has 8 heteroatoms. The van der Waals surface area contributed by atoms with Gasteiger partial charge in [-0.1, -0.05) is 23.4 Å². The summed E-state index contributed by atoms with van der Waals surface area (Å²) in [4.78, 5) is 12.3.